The Hall–Kier alpha value is -0.570. The van der Waals surface area contributed by atoms with E-state index < -0.39 is 0 Å². The molecule has 3 heteroatoms. The minimum absolute atomic E-state index is 0.655. The van der Waals surface area contributed by atoms with Gasteiger partial charge in [-0.3, -0.25) is 0 Å². The van der Waals surface area contributed by atoms with E-state index in [4.69, 9.17) is 4.84 Å². The maximum absolute atomic E-state index is 4.80. The maximum Gasteiger partial charge on any atom is 0.106 e. The molecule has 0 aliphatic carbocycles. The zero-order valence-corrected chi connectivity index (χ0v) is 10.9. The van der Waals surface area contributed by atoms with Crippen LogP contribution in [0.4, 0.5) is 0 Å². The first kappa shape index (κ1) is 14.4. The average Bonchev–Trinajstić information content (AvgIpc) is 2.47. The lowest BCUT2D eigenvalue weighted by Crippen LogP contribution is -2.31. The van der Waals surface area contributed by atoms with Gasteiger partial charge < -0.3 is 9.74 Å². The molecule has 0 bridgehead atoms. The van der Waals surface area contributed by atoms with Crippen molar-refractivity contribution in [3.63, 3.8) is 0 Å². The normalized spacial score (nSPS) is 20.8. The second kappa shape index (κ2) is 8.72. The Bertz CT molecular complexity index is 178. The van der Waals surface area contributed by atoms with Crippen LogP contribution in [-0.4, -0.2) is 36.9 Å². The number of hydrogen-bond acceptors (Lipinski definition) is 3. The summed E-state index contributed by atoms with van der Waals surface area (Å²) in [6.45, 7) is 10.8. The van der Waals surface area contributed by atoms with Crippen LogP contribution >= 0.6 is 0 Å². The Morgan fingerprint density at radius 3 is 2.40 bits per heavy atom. The predicted octanol–water partition coefficient (Wildman–Crippen LogP) is 2.91. The molecule has 1 rings (SSSR count). The lowest BCUT2D eigenvalue weighted by atomic mass is 10.2. The summed E-state index contributed by atoms with van der Waals surface area (Å²) in [7, 11) is 1.62. The lowest BCUT2D eigenvalue weighted by molar-refractivity contribution is 0.211. The highest BCUT2D eigenvalue weighted by Crippen LogP contribution is 2.10. The van der Waals surface area contributed by atoms with Gasteiger partial charge in [0.1, 0.15) is 7.11 Å². The molecule has 0 unspecified atom stereocenters. The van der Waals surface area contributed by atoms with Gasteiger partial charge in [0.05, 0.1) is 5.71 Å². The van der Waals surface area contributed by atoms with E-state index in [2.05, 4.69) is 23.9 Å². The molecule has 1 aliphatic heterocycles. The third-order valence-corrected chi connectivity index (χ3v) is 2.55. The van der Waals surface area contributed by atoms with E-state index in [0.717, 1.165) is 19.4 Å². The summed E-state index contributed by atoms with van der Waals surface area (Å²) in [5.74, 6) is 0. The van der Waals surface area contributed by atoms with Crippen LogP contribution in [0.15, 0.2) is 5.16 Å². The lowest BCUT2D eigenvalue weighted by Gasteiger charge is -2.23. The molecular formula is C12H26N2O. The summed E-state index contributed by atoms with van der Waals surface area (Å²) in [6.07, 6.45) is 3.36. The van der Waals surface area contributed by atoms with Gasteiger partial charge in [-0.2, -0.15) is 0 Å². The molecule has 0 aromatic carbocycles. The SMILES string of the molecule is CC.CO/N=C1/CCCN(C(C)C)CC1. The number of hydrogen-bond donors (Lipinski definition) is 0. The van der Waals surface area contributed by atoms with Crippen LogP contribution in [0.1, 0.15) is 47.0 Å². The van der Waals surface area contributed by atoms with Gasteiger partial charge in [0.15, 0.2) is 0 Å². The molecule has 1 aliphatic rings. The van der Waals surface area contributed by atoms with Crippen LogP contribution in [0.5, 0.6) is 0 Å². The largest absolute Gasteiger partial charge is 0.399 e. The van der Waals surface area contributed by atoms with Gasteiger partial charge in [-0.25, -0.2) is 0 Å². The molecule has 0 aromatic rings. The fraction of sp³-hybridized carbons (Fsp3) is 0.917. The number of rotatable bonds is 2. The van der Waals surface area contributed by atoms with Crippen molar-refractivity contribution in [1.82, 2.24) is 4.90 Å². The van der Waals surface area contributed by atoms with Crippen molar-refractivity contribution >= 4 is 5.71 Å². The van der Waals surface area contributed by atoms with Gasteiger partial charge in [-0.15, -0.1) is 0 Å². The van der Waals surface area contributed by atoms with Gasteiger partial charge in [0.2, 0.25) is 0 Å². The fourth-order valence-corrected chi connectivity index (χ4v) is 1.73. The van der Waals surface area contributed by atoms with E-state index >= 15 is 0 Å². The van der Waals surface area contributed by atoms with Crippen LogP contribution in [0, 0.1) is 0 Å². The van der Waals surface area contributed by atoms with Crippen molar-refractivity contribution in [2.24, 2.45) is 5.16 Å². The summed E-state index contributed by atoms with van der Waals surface area (Å²) >= 11 is 0. The molecule has 0 spiro atoms. The Kier molecular flexibility index (Phi) is 8.38. The van der Waals surface area contributed by atoms with E-state index in [1.165, 1.54) is 18.7 Å². The third-order valence-electron chi connectivity index (χ3n) is 2.55. The third kappa shape index (κ3) is 5.78. The van der Waals surface area contributed by atoms with E-state index in [1.807, 2.05) is 13.8 Å². The summed E-state index contributed by atoms with van der Waals surface area (Å²) in [6, 6.07) is 0.655. The zero-order valence-electron chi connectivity index (χ0n) is 10.9. The van der Waals surface area contributed by atoms with Crippen LogP contribution in [0.2, 0.25) is 0 Å². The number of likely N-dealkylation sites (tertiary alicyclic amines) is 1. The monoisotopic (exact) mass is 214 g/mol. The molecule has 15 heavy (non-hydrogen) atoms. The average molecular weight is 214 g/mol. The van der Waals surface area contributed by atoms with Gasteiger partial charge in [0, 0.05) is 19.0 Å². The van der Waals surface area contributed by atoms with Gasteiger partial charge in [0.25, 0.3) is 0 Å². The molecule has 1 fully saturated rings. The molecule has 1 heterocycles. The second-order valence-corrected chi connectivity index (χ2v) is 3.82. The quantitative estimate of drug-likeness (QED) is 0.660. The first-order valence-electron chi connectivity index (χ1n) is 6.07. The van der Waals surface area contributed by atoms with Crippen molar-refractivity contribution in [1.29, 1.82) is 0 Å². The molecule has 0 aromatic heterocycles. The van der Waals surface area contributed by atoms with Crippen molar-refractivity contribution < 1.29 is 4.84 Å². The molecule has 0 saturated carbocycles. The van der Waals surface area contributed by atoms with E-state index in [1.54, 1.807) is 7.11 Å². The highest BCUT2D eigenvalue weighted by atomic mass is 16.6. The fourth-order valence-electron chi connectivity index (χ4n) is 1.73. The molecule has 90 valence electrons. The topological polar surface area (TPSA) is 24.8 Å². The molecule has 0 atom stereocenters. The molecule has 1 saturated heterocycles. The van der Waals surface area contributed by atoms with E-state index in [9.17, 15) is 0 Å². The Balaban J connectivity index is 0.000000921. The molecule has 0 N–H and O–H groups in total. The number of nitrogens with zero attached hydrogens (tertiary/aromatic N) is 2. The summed E-state index contributed by atoms with van der Waals surface area (Å²) in [5.41, 5.74) is 1.21. The van der Waals surface area contributed by atoms with Crippen molar-refractivity contribution in [2.45, 2.75) is 53.0 Å². The highest BCUT2D eigenvalue weighted by molar-refractivity contribution is 5.84. The Labute approximate surface area is 94.5 Å². The zero-order chi connectivity index (χ0) is 11.7. The van der Waals surface area contributed by atoms with Crippen molar-refractivity contribution in [2.75, 3.05) is 20.2 Å². The summed E-state index contributed by atoms with van der Waals surface area (Å²) in [5, 5.41) is 4.03. The molecule has 0 amide bonds. The highest BCUT2D eigenvalue weighted by Gasteiger charge is 2.15. The smallest absolute Gasteiger partial charge is 0.106 e. The van der Waals surface area contributed by atoms with Crippen LogP contribution in [0.3, 0.4) is 0 Å². The minimum Gasteiger partial charge on any atom is -0.399 e. The van der Waals surface area contributed by atoms with Crippen LogP contribution in [-0.2, 0) is 4.84 Å². The van der Waals surface area contributed by atoms with Gasteiger partial charge in [-0.1, -0.05) is 19.0 Å². The summed E-state index contributed by atoms with van der Waals surface area (Å²) in [4.78, 5) is 7.30. The Morgan fingerprint density at radius 1 is 1.20 bits per heavy atom. The first-order chi connectivity index (χ1) is 7.24. The standard InChI is InChI=1S/C10H20N2O.C2H6/c1-9(2)12-7-4-5-10(6-8-12)11-13-3;1-2/h9H,4-8H2,1-3H3;1-2H3/b11-10-;. The Morgan fingerprint density at radius 2 is 1.87 bits per heavy atom. The second-order valence-electron chi connectivity index (χ2n) is 3.82. The maximum atomic E-state index is 4.80. The van der Waals surface area contributed by atoms with Gasteiger partial charge in [-0.05, 0) is 33.2 Å². The molecular weight excluding hydrogens is 188 g/mol. The first-order valence-corrected chi connectivity index (χ1v) is 6.07. The van der Waals surface area contributed by atoms with Crippen molar-refractivity contribution in [3.8, 4) is 0 Å². The summed E-state index contributed by atoms with van der Waals surface area (Å²) < 4.78 is 0. The minimum atomic E-state index is 0.655. The van der Waals surface area contributed by atoms with Crippen LogP contribution in [0.25, 0.3) is 0 Å². The predicted molar refractivity (Wildman–Crippen MR) is 66.4 cm³/mol. The molecule has 3 nitrogen and oxygen atoms in total. The van der Waals surface area contributed by atoms with Gasteiger partial charge >= 0.3 is 0 Å². The molecule has 0 radical (unpaired) electrons. The van der Waals surface area contributed by atoms with E-state index in [-0.39, 0.29) is 0 Å². The van der Waals surface area contributed by atoms with Crippen molar-refractivity contribution in [3.05, 3.63) is 0 Å². The van der Waals surface area contributed by atoms with E-state index in [0.29, 0.717) is 6.04 Å². The van der Waals surface area contributed by atoms with Crippen LogP contribution < -0.4 is 0 Å². The number of oxime groups is 1.